The molecule has 4 heteroatoms. The zero-order chi connectivity index (χ0) is 12.1. The number of methoxy groups -OCH3 is 2. The summed E-state index contributed by atoms with van der Waals surface area (Å²) in [7, 11) is 3.20. The van der Waals surface area contributed by atoms with Crippen molar-refractivity contribution in [3.05, 3.63) is 29.1 Å². The topological polar surface area (TPSA) is 31.4 Å². The van der Waals surface area contributed by atoms with Gasteiger partial charge in [0.05, 0.1) is 20.5 Å². The highest BCUT2D eigenvalue weighted by Crippen LogP contribution is 2.30. The van der Waals surface area contributed by atoms with Gasteiger partial charge in [0.2, 0.25) is 5.88 Å². The third-order valence-corrected chi connectivity index (χ3v) is 2.41. The Morgan fingerprint density at radius 1 is 1.38 bits per heavy atom. The molecule has 0 atom stereocenters. The van der Waals surface area contributed by atoms with Gasteiger partial charge in [-0.15, -0.1) is 0 Å². The first-order chi connectivity index (χ1) is 7.60. The monoisotopic (exact) mass is 241 g/mol. The average molecular weight is 242 g/mol. The van der Waals surface area contributed by atoms with E-state index in [0.29, 0.717) is 17.0 Å². The zero-order valence-corrected chi connectivity index (χ0v) is 10.7. The number of nitrogens with zero attached hydrogens (tertiary/aromatic N) is 1. The van der Waals surface area contributed by atoms with Crippen molar-refractivity contribution in [1.82, 2.24) is 4.98 Å². The summed E-state index contributed by atoms with van der Waals surface area (Å²) in [5.74, 6) is 0.835. The molecule has 88 valence electrons. The van der Waals surface area contributed by atoms with Gasteiger partial charge in [0.1, 0.15) is 5.15 Å². The van der Waals surface area contributed by atoms with Gasteiger partial charge < -0.3 is 9.47 Å². The SMILES string of the molecule is CO/C=C(\c1ccc(Cl)nc1OC)C(C)C. The molecule has 0 aliphatic heterocycles. The molecule has 16 heavy (non-hydrogen) atoms. The Kier molecular flexibility index (Phi) is 4.62. The second-order valence-corrected chi connectivity index (χ2v) is 4.04. The molecule has 0 aliphatic rings. The number of hydrogen-bond acceptors (Lipinski definition) is 3. The number of halogens is 1. The van der Waals surface area contributed by atoms with Crippen LogP contribution in [0.5, 0.6) is 5.88 Å². The van der Waals surface area contributed by atoms with Crippen LogP contribution in [0.1, 0.15) is 19.4 Å². The van der Waals surface area contributed by atoms with Crippen molar-refractivity contribution in [2.45, 2.75) is 13.8 Å². The van der Waals surface area contributed by atoms with Crippen LogP contribution in [0.25, 0.3) is 5.57 Å². The van der Waals surface area contributed by atoms with Crippen LogP contribution in [-0.4, -0.2) is 19.2 Å². The maximum absolute atomic E-state index is 5.82. The number of hydrogen-bond donors (Lipinski definition) is 0. The van der Waals surface area contributed by atoms with Crippen molar-refractivity contribution in [1.29, 1.82) is 0 Å². The fourth-order valence-corrected chi connectivity index (χ4v) is 1.57. The highest BCUT2D eigenvalue weighted by Gasteiger charge is 2.14. The van der Waals surface area contributed by atoms with Crippen LogP contribution in [0.4, 0.5) is 0 Å². The smallest absolute Gasteiger partial charge is 0.222 e. The fourth-order valence-electron chi connectivity index (χ4n) is 1.43. The molecular formula is C12H16ClNO2. The number of ether oxygens (including phenoxy) is 2. The molecule has 1 rings (SSSR count). The van der Waals surface area contributed by atoms with Gasteiger partial charge in [0, 0.05) is 11.1 Å². The van der Waals surface area contributed by atoms with Crippen LogP contribution in [0, 0.1) is 5.92 Å². The minimum Gasteiger partial charge on any atom is -0.504 e. The molecule has 0 bridgehead atoms. The van der Waals surface area contributed by atoms with E-state index in [1.165, 1.54) is 0 Å². The average Bonchev–Trinajstić information content (AvgIpc) is 2.26. The second kappa shape index (κ2) is 5.75. The molecule has 1 aromatic rings. The molecule has 0 amide bonds. The van der Waals surface area contributed by atoms with Gasteiger partial charge in [0.25, 0.3) is 0 Å². The summed E-state index contributed by atoms with van der Waals surface area (Å²) in [6.07, 6.45) is 1.71. The fraction of sp³-hybridized carbons (Fsp3) is 0.417. The highest BCUT2D eigenvalue weighted by molar-refractivity contribution is 6.29. The third-order valence-electron chi connectivity index (χ3n) is 2.20. The second-order valence-electron chi connectivity index (χ2n) is 3.65. The maximum atomic E-state index is 5.82. The zero-order valence-electron chi connectivity index (χ0n) is 9.95. The molecular weight excluding hydrogens is 226 g/mol. The summed E-state index contributed by atoms with van der Waals surface area (Å²) in [6, 6.07) is 3.63. The van der Waals surface area contributed by atoms with Crippen molar-refractivity contribution < 1.29 is 9.47 Å². The van der Waals surface area contributed by atoms with Crippen LogP contribution in [-0.2, 0) is 4.74 Å². The van der Waals surface area contributed by atoms with Gasteiger partial charge in [-0.3, -0.25) is 0 Å². The first-order valence-corrected chi connectivity index (χ1v) is 5.41. The van der Waals surface area contributed by atoms with Crippen LogP contribution in [0.2, 0.25) is 5.15 Å². The first-order valence-electron chi connectivity index (χ1n) is 5.04. The van der Waals surface area contributed by atoms with Crippen LogP contribution < -0.4 is 4.74 Å². The molecule has 0 spiro atoms. The lowest BCUT2D eigenvalue weighted by atomic mass is 9.97. The lowest BCUT2D eigenvalue weighted by Crippen LogP contribution is -2.00. The van der Waals surface area contributed by atoms with E-state index in [0.717, 1.165) is 11.1 Å². The third kappa shape index (κ3) is 2.89. The summed E-state index contributed by atoms with van der Waals surface area (Å²) in [4.78, 5) is 4.12. The summed E-state index contributed by atoms with van der Waals surface area (Å²) >= 11 is 5.82. The van der Waals surface area contributed by atoms with Gasteiger partial charge in [0.15, 0.2) is 0 Å². The molecule has 0 radical (unpaired) electrons. The Balaban J connectivity index is 3.24. The molecule has 3 nitrogen and oxygen atoms in total. The maximum Gasteiger partial charge on any atom is 0.222 e. The summed E-state index contributed by atoms with van der Waals surface area (Å²) in [6.45, 7) is 4.16. The first kappa shape index (κ1) is 12.8. The van der Waals surface area contributed by atoms with Crippen molar-refractivity contribution in [3.63, 3.8) is 0 Å². The lowest BCUT2D eigenvalue weighted by molar-refractivity contribution is 0.337. The van der Waals surface area contributed by atoms with E-state index in [9.17, 15) is 0 Å². The van der Waals surface area contributed by atoms with E-state index in [-0.39, 0.29) is 0 Å². The van der Waals surface area contributed by atoms with Gasteiger partial charge in [-0.1, -0.05) is 25.4 Å². The number of aromatic nitrogens is 1. The van der Waals surface area contributed by atoms with E-state index < -0.39 is 0 Å². The van der Waals surface area contributed by atoms with Gasteiger partial charge in [-0.05, 0) is 18.1 Å². The molecule has 0 N–H and O–H groups in total. The van der Waals surface area contributed by atoms with Crippen molar-refractivity contribution in [2.75, 3.05) is 14.2 Å². The quantitative estimate of drug-likeness (QED) is 0.598. The Bertz CT molecular complexity index is 389. The van der Waals surface area contributed by atoms with Gasteiger partial charge in [-0.25, -0.2) is 4.98 Å². The number of pyridine rings is 1. The summed E-state index contributed by atoms with van der Waals surface area (Å²) in [5.41, 5.74) is 1.94. The van der Waals surface area contributed by atoms with Crippen molar-refractivity contribution >= 4 is 17.2 Å². The van der Waals surface area contributed by atoms with Gasteiger partial charge in [-0.2, -0.15) is 0 Å². The standard InChI is InChI=1S/C12H16ClNO2/c1-8(2)10(7-15-3)9-5-6-11(13)14-12(9)16-4/h5-8H,1-4H3/b10-7-. The summed E-state index contributed by atoms with van der Waals surface area (Å²) < 4.78 is 10.3. The molecule has 0 aromatic carbocycles. The Morgan fingerprint density at radius 3 is 2.56 bits per heavy atom. The van der Waals surface area contributed by atoms with E-state index in [1.54, 1.807) is 26.5 Å². The Hall–Kier alpha value is -1.22. The lowest BCUT2D eigenvalue weighted by Gasteiger charge is -2.14. The number of rotatable bonds is 4. The molecule has 0 fully saturated rings. The molecule has 0 unspecified atom stereocenters. The van der Waals surface area contributed by atoms with E-state index in [2.05, 4.69) is 18.8 Å². The molecule has 0 saturated carbocycles. The molecule has 0 saturated heterocycles. The predicted octanol–water partition coefficient (Wildman–Crippen LogP) is 3.39. The van der Waals surface area contributed by atoms with Crippen LogP contribution in [0.15, 0.2) is 18.4 Å². The normalized spacial score (nSPS) is 11.8. The van der Waals surface area contributed by atoms with Gasteiger partial charge >= 0.3 is 0 Å². The largest absolute Gasteiger partial charge is 0.504 e. The van der Waals surface area contributed by atoms with Crippen molar-refractivity contribution in [2.24, 2.45) is 5.92 Å². The van der Waals surface area contributed by atoms with E-state index in [1.807, 2.05) is 6.07 Å². The van der Waals surface area contributed by atoms with Crippen LogP contribution in [0.3, 0.4) is 0 Å². The van der Waals surface area contributed by atoms with Crippen LogP contribution >= 0.6 is 11.6 Å². The minimum atomic E-state index is 0.317. The van der Waals surface area contributed by atoms with E-state index >= 15 is 0 Å². The Morgan fingerprint density at radius 2 is 2.06 bits per heavy atom. The summed E-state index contributed by atoms with van der Waals surface area (Å²) in [5, 5.41) is 0.418. The minimum absolute atomic E-state index is 0.317. The molecule has 0 aliphatic carbocycles. The predicted molar refractivity (Wildman–Crippen MR) is 65.6 cm³/mol. The van der Waals surface area contributed by atoms with Crippen molar-refractivity contribution in [3.8, 4) is 5.88 Å². The highest BCUT2D eigenvalue weighted by atomic mass is 35.5. The Labute approximate surface area is 101 Å². The molecule has 1 aromatic heterocycles. The number of allylic oxidation sites excluding steroid dienone is 1. The molecule has 1 heterocycles. The van der Waals surface area contributed by atoms with E-state index in [4.69, 9.17) is 21.1 Å².